The molecule has 2 aromatic rings. The predicted molar refractivity (Wildman–Crippen MR) is 118 cm³/mol. The smallest absolute Gasteiger partial charge is 0.325 e. The van der Waals surface area contributed by atoms with E-state index in [0.29, 0.717) is 17.0 Å². The van der Waals surface area contributed by atoms with E-state index in [4.69, 9.17) is 0 Å². The number of rotatable bonds is 5. The molecule has 1 fully saturated rings. The summed E-state index contributed by atoms with van der Waals surface area (Å²) in [5.41, 5.74) is 2.48. The molecule has 2 N–H and O–H groups in total. The van der Waals surface area contributed by atoms with Gasteiger partial charge in [0.05, 0.1) is 5.56 Å². The number of nitrogens with zero attached hydrogens (tertiary/aromatic N) is 2. The van der Waals surface area contributed by atoms with Gasteiger partial charge >= 0.3 is 6.03 Å². The van der Waals surface area contributed by atoms with Gasteiger partial charge in [-0.15, -0.1) is 11.3 Å². The molecule has 1 saturated heterocycles. The van der Waals surface area contributed by atoms with Gasteiger partial charge in [0.25, 0.3) is 5.91 Å². The van der Waals surface area contributed by atoms with Gasteiger partial charge in [0.15, 0.2) is 0 Å². The van der Waals surface area contributed by atoms with E-state index in [9.17, 15) is 19.6 Å². The second-order valence-corrected chi connectivity index (χ2v) is 9.05. The summed E-state index contributed by atoms with van der Waals surface area (Å²) < 4.78 is 0. The molecule has 1 aromatic heterocycles. The molecule has 0 spiro atoms. The molecule has 1 aliphatic carbocycles. The molecule has 160 valence electrons. The van der Waals surface area contributed by atoms with Crippen molar-refractivity contribution in [3.05, 3.63) is 51.9 Å². The van der Waals surface area contributed by atoms with E-state index in [2.05, 4.69) is 16.7 Å². The lowest BCUT2D eigenvalue weighted by Gasteiger charge is -2.20. The zero-order chi connectivity index (χ0) is 22.0. The number of aryl methyl sites for hydroxylation is 1. The highest BCUT2D eigenvalue weighted by Gasteiger charge is 2.43. The lowest BCUT2D eigenvalue weighted by atomic mass is 10.1. The third kappa shape index (κ3) is 4.19. The van der Waals surface area contributed by atoms with Gasteiger partial charge < -0.3 is 10.6 Å². The van der Waals surface area contributed by atoms with Crippen molar-refractivity contribution in [2.75, 3.05) is 5.32 Å². The first-order valence-corrected chi connectivity index (χ1v) is 11.3. The van der Waals surface area contributed by atoms with Crippen molar-refractivity contribution < 1.29 is 14.4 Å². The van der Waals surface area contributed by atoms with Crippen LogP contribution in [0.2, 0.25) is 0 Å². The molecule has 0 radical (unpaired) electrons. The zero-order valence-electron chi connectivity index (χ0n) is 17.3. The highest BCUT2D eigenvalue weighted by Crippen LogP contribution is 2.37. The van der Waals surface area contributed by atoms with Gasteiger partial charge in [-0.3, -0.25) is 14.5 Å². The Morgan fingerprint density at radius 2 is 2.00 bits per heavy atom. The normalized spacial score (nSPS) is 19.2. The van der Waals surface area contributed by atoms with Gasteiger partial charge in [-0.25, -0.2) is 4.79 Å². The molecule has 0 unspecified atom stereocenters. The molecular weight excluding hydrogens is 412 g/mol. The number of carbonyl (C=O) groups excluding carboxylic acids is 3. The number of thiophene rings is 1. The highest BCUT2D eigenvalue weighted by molar-refractivity contribution is 7.16. The van der Waals surface area contributed by atoms with Crippen LogP contribution in [-0.4, -0.2) is 34.8 Å². The van der Waals surface area contributed by atoms with Crippen LogP contribution >= 0.6 is 11.3 Å². The van der Waals surface area contributed by atoms with Crippen LogP contribution < -0.4 is 10.6 Å². The molecule has 2 aliphatic rings. The van der Waals surface area contributed by atoms with Crippen LogP contribution in [0.4, 0.5) is 9.80 Å². The van der Waals surface area contributed by atoms with Crippen molar-refractivity contribution in [3.63, 3.8) is 0 Å². The maximum absolute atomic E-state index is 12.9. The van der Waals surface area contributed by atoms with E-state index in [1.165, 1.54) is 18.3 Å². The van der Waals surface area contributed by atoms with Crippen LogP contribution in [-0.2, 0) is 28.9 Å². The van der Waals surface area contributed by atoms with Gasteiger partial charge in [0.2, 0.25) is 5.91 Å². The largest absolute Gasteiger partial charge is 0.325 e. The molecule has 4 amide bonds. The maximum atomic E-state index is 12.9. The molecular formula is C23H24N4O3S. The summed E-state index contributed by atoms with van der Waals surface area (Å²) in [5.74, 6) is -0.893. The summed E-state index contributed by atoms with van der Waals surface area (Å²) in [6.45, 7) is 1.53. The third-order valence-corrected chi connectivity index (χ3v) is 7.08. The van der Waals surface area contributed by atoms with E-state index >= 15 is 0 Å². The fourth-order valence-electron chi connectivity index (χ4n) is 4.19. The molecule has 4 rings (SSSR count). The minimum atomic E-state index is -0.985. The summed E-state index contributed by atoms with van der Waals surface area (Å²) in [7, 11) is 0. The van der Waals surface area contributed by atoms with Gasteiger partial charge in [-0.1, -0.05) is 36.8 Å². The molecule has 0 bridgehead atoms. The minimum absolute atomic E-state index is 0.368. The first kappa shape index (κ1) is 21.1. The van der Waals surface area contributed by atoms with Crippen molar-refractivity contribution in [1.82, 2.24) is 10.2 Å². The van der Waals surface area contributed by atoms with Gasteiger partial charge in [0, 0.05) is 11.3 Å². The molecule has 2 atom stereocenters. The number of anilines is 1. The van der Waals surface area contributed by atoms with Gasteiger partial charge in [0.1, 0.15) is 23.2 Å². The summed E-state index contributed by atoms with van der Waals surface area (Å²) in [6, 6.07) is 9.40. The van der Waals surface area contributed by atoms with Crippen molar-refractivity contribution >= 4 is 34.2 Å². The predicted octanol–water partition coefficient (Wildman–Crippen LogP) is 3.38. The number of nitriles is 1. The summed E-state index contributed by atoms with van der Waals surface area (Å²) in [6.07, 6.45) is 5.37. The Bertz CT molecular complexity index is 1060. The van der Waals surface area contributed by atoms with Crippen LogP contribution in [0.5, 0.6) is 0 Å². The maximum Gasteiger partial charge on any atom is 0.325 e. The number of urea groups is 1. The standard InChI is InChI=1S/C23H24N4O3S/c1-14(27-22(29)18(25-23(27)30)12-15-8-4-2-5-9-15)20(28)26-21-17(13-24)16-10-6-3-7-11-19(16)31-21/h2,4-5,8-9,14,18H,3,6-7,10-12H2,1H3,(H,25,30)(H,26,28)/t14-,18-/m0/s1. The Hall–Kier alpha value is -3.18. The Morgan fingerprint density at radius 1 is 1.26 bits per heavy atom. The summed E-state index contributed by atoms with van der Waals surface area (Å²) in [4.78, 5) is 40.4. The monoisotopic (exact) mass is 436 g/mol. The number of fused-ring (bicyclic) bond motifs is 1. The Kier molecular flexibility index (Phi) is 6.05. The lowest BCUT2D eigenvalue weighted by molar-refractivity contribution is -0.133. The van der Waals surface area contributed by atoms with E-state index < -0.39 is 29.9 Å². The second-order valence-electron chi connectivity index (χ2n) is 7.95. The number of carbonyl (C=O) groups is 3. The van der Waals surface area contributed by atoms with E-state index in [1.54, 1.807) is 0 Å². The molecule has 2 heterocycles. The molecule has 8 heteroatoms. The van der Waals surface area contributed by atoms with Gasteiger partial charge in [-0.05, 0) is 43.7 Å². The first-order chi connectivity index (χ1) is 15.0. The van der Waals surface area contributed by atoms with Crippen molar-refractivity contribution in [2.45, 2.75) is 57.5 Å². The second kappa shape index (κ2) is 8.90. The average Bonchev–Trinajstić information content (AvgIpc) is 3.11. The van der Waals surface area contributed by atoms with Crippen LogP contribution in [0, 0.1) is 11.3 Å². The van der Waals surface area contributed by atoms with Crippen molar-refractivity contribution in [1.29, 1.82) is 5.26 Å². The zero-order valence-corrected chi connectivity index (χ0v) is 18.1. The number of amides is 4. The topological polar surface area (TPSA) is 102 Å². The van der Waals surface area contributed by atoms with Crippen LogP contribution in [0.1, 0.15) is 47.8 Å². The first-order valence-electron chi connectivity index (χ1n) is 10.5. The number of benzene rings is 1. The quantitative estimate of drug-likeness (QED) is 0.554. The fraction of sp³-hybridized carbons (Fsp3) is 0.391. The lowest BCUT2D eigenvalue weighted by Crippen LogP contribution is -2.46. The van der Waals surface area contributed by atoms with Crippen molar-refractivity contribution in [3.8, 4) is 6.07 Å². The SMILES string of the molecule is C[C@@H](C(=O)Nc1sc2c(c1C#N)CCCCC2)N1C(=O)N[C@@H](Cc2ccccc2)C1=O. The summed E-state index contributed by atoms with van der Waals surface area (Å²) >= 11 is 1.43. The highest BCUT2D eigenvalue weighted by atomic mass is 32.1. The third-order valence-electron chi connectivity index (χ3n) is 5.87. The number of hydrogen-bond acceptors (Lipinski definition) is 5. The Balaban J connectivity index is 1.48. The fourth-order valence-corrected chi connectivity index (χ4v) is 5.43. The van der Waals surface area contributed by atoms with E-state index in [-0.39, 0.29) is 0 Å². The number of hydrogen-bond donors (Lipinski definition) is 2. The van der Waals surface area contributed by atoms with E-state index in [0.717, 1.165) is 53.0 Å². The Labute approximate surface area is 185 Å². The molecule has 7 nitrogen and oxygen atoms in total. The van der Waals surface area contributed by atoms with Crippen molar-refractivity contribution in [2.24, 2.45) is 0 Å². The van der Waals surface area contributed by atoms with E-state index in [1.807, 2.05) is 30.3 Å². The van der Waals surface area contributed by atoms with Crippen LogP contribution in [0.3, 0.4) is 0 Å². The Morgan fingerprint density at radius 3 is 2.74 bits per heavy atom. The minimum Gasteiger partial charge on any atom is -0.325 e. The number of imide groups is 1. The average molecular weight is 437 g/mol. The molecule has 31 heavy (non-hydrogen) atoms. The molecule has 0 saturated carbocycles. The molecule has 1 aromatic carbocycles. The molecule has 1 aliphatic heterocycles. The van der Waals surface area contributed by atoms with Crippen LogP contribution in [0.15, 0.2) is 30.3 Å². The summed E-state index contributed by atoms with van der Waals surface area (Å²) in [5, 5.41) is 15.7. The van der Waals surface area contributed by atoms with Crippen LogP contribution in [0.25, 0.3) is 0 Å². The van der Waals surface area contributed by atoms with Gasteiger partial charge in [-0.2, -0.15) is 5.26 Å². The number of nitrogens with one attached hydrogen (secondary N) is 2.